The van der Waals surface area contributed by atoms with E-state index in [-0.39, 0.29) is 0 Å². The van der Waals surface area contributed by atoms with Gasteiger partial charge in [-0.25, -0.2) is 9.97 Å². The second-order valence-corrected chi connectivity index (χ2v) is 9.19. The standard InChI is InChI=1S/C28H26N6/c1-32-24(15-29)14-22-13-20(7-8-26(22)32)17-33-11-9-21(10-12-33)25-18-34(23-5-3-2-4-6-23)27-16-30-19-31-28(25)27/h2-8,13-14,16,18-19,21H,9-12,17H2,1H3. The molecule has 4 heterocycles. The summed E-state index contributed by atoms with van der Waals surface area (Å²) in [5, 5.41) is 10.5. The van der Waals surface area contributed by atoms with Gasteiger partial charge in [-0.15, -0.1) is 0 Å². The highest BCUT2D eigenvalue weighted by atomic mass is 15.1. The molecule has 168 valence electrons. The van der Waals surface area contributed by atoms with Gasteiger partial charge in [0, 0.05) is 36.4 Å². The maximum Gasteiger partial charge on any atom is 0.121 e. The zero-order chi connectivity index (χ0) is 23.1. The molecule has 0 amide bonds. The Bertz CT molecular complexity index is 1510. The van der Waals surface area contributed by atoms with Gasteiger partial charge < -0.3 is 9.13 Å². The van der Waals surface area contributed by atoms with Crippen molar-refractivity contribution in [1.29, 1.82) is 5.26 Å². The Hall–Kier alpha value is -3.95. The van der Waals surface area contributed by atoms with E-state index >= 15 is 0 Å². The summed E-state index contributed by atoms with van der Waals surface area (Å²) < 4.78 is 4.18. The molecule has 0 spiro atoms. The van der Waals surface area contributed by atoms with Crippen LogP contribution in [0.25, 0.3) is 27.6 Å². The lowest BCUT2D eigenvalue weighted by atomic mass is 9.90. The number of likely N-dealkylation sites (tertiary alicyclic amines) is 1. The van der Waals surface area contributed by atoms with Crippen LogP contribution in [-0.2, 0) is 13.6 Å². The average molecular weight is 447 g/mol. The van der Waals surface area contributed by atoms with Crippen LogP contribution < -0.4 is 0 Å². The highest BCUT2D eigenvalue weighted by Crippen LogP contribution is 2.35. The van der Waals surface area contributed by atoms with E-state index < -0.39 is 0 Å². The summed E-state index contributed by atoms with van der Waals surface area (Å²) in [6.07, 6.45) is 8.08. The molecule has 0 unspecified atom stereocenters. The van der Waals surface area contributed by atoms with Gasteiger partial charge in [0.1, 0.15) is 18.1 Å². The van der Waals surface area contributed by atoms with Crippen LogP contribution in [0, 0.1) is 11.3 Å². The summed E-state index contributed by atoms with van der Waals surface area (Å²) in [5.74, 6) is 0.494. The van der Waals surface area contributed by atoms with E-state index in [1.165, 1.54) is 11.1 Å². The molecule has 6 heteroatoms. The number of rotatable bonds is 4. The Morgan fingerprint density at radius 3 is 2.65 bits per heavy atom. The summed E-state index contributed by atoms with van der Waals surface area (Å²) >= 11 is 0. The number of para-hydroxylation sites is 1. The van der Waals surface area contributed by atoms with Gasteiger partial charge in [0.2, 0.25) is 0 Å². The second-order valence-electron chi connectivity index (χ2n) is 9.19. The SMILES string of the molecule is Cn1c(C#N)cc2cc(CN3CCC(c4cn(-c5ccccc5)c5cncnc45)CC3)ccc21. The van der Waals surface area contributed by atoms with E-state index in [4.69, 9.17) is 0 Å². The molecule has 6 nitrogen and oxygen atoms in total. The maximum atomic E-state index is 9.31. The summed E-state index contributed by atoms with van der Waals surface area (Å²) in [5.41, 5.74) is 7.72. The first-order valence-electron chi connectivity index (χ1n) is 11.8. The van der Waals surface area contributed by atoms with Crippen LogP contribution >= 0.6 is 0 Å². The Morgan fingerprint density at radius 2 is 1.85 bits per heavy atom. The van der Waals surface area contributed by atoms with Gasteiger partial charge in [-0.2, -0.15) is 5.26 Å². The number of benzene rings is 2. The fourth-order valence-electron chi connectivity index (χ4n) is 5.36. The number of nitriles is 1. The number of nitrogens with zero attached hydrogens (tertiary/aromatic N) is 6. The maximum absolute atomic E-state index is 9.31. The molecule has 1 fully saturated rings. The van der Waals surface area contributed by atoms with Gasteiger partial charge in [-0.05, 0) is 73.3 Å². The van der Waals surface area contributed by atoms with Gasteiger partial charge in [-0.3, -0.25) is 4.90 Å². The van der Waals surface area contributed by atoms with E-state index in [1.54, 1.807) is 6.33 Å². The molecule has 3 aromatic heterocycles. The monoisotopic (exact) mass is 446 g/mol. The zero-order valence-corrected chi connectivity index (χ0v) is 19.2. The highest BCUT2D eigenvalue weighted by Gasteiger charge is 2.25. The number of hydrogen-bond donors (Lipinski definition) is 0. The number of fused-ring (bicyclic) bond motifs is 2. The minimum Gasteiger partial charge on any atom is -0.335 e. The molecule has 0 radical (unpaired) electrons. The number of aryl methyl sites for hydroxylation is 1. The van der Waals surface area contributed by atoms with Crippen LogP contribution in [0.15, 0.2) is 73.3 Å². The lowest BCUT2D eigenvalue weighted by Gasteiger charge is -2.31. The summed E-state index contributed by atoms with van der Waals surface area (Å²) in [6, 6.07) is 21.2. The molecule has 0 atom stereocenters. The van der Waals surface area contributed by atoms with Crippen molar-refractivity contribution in [2.75, 3.05) is 13.1 Å². The van der Waals surface area contributed by atoms with Crippen LogP contribution in [0.4, 0.5) is 0 Å². The van der Waals surface area contributed by atoms with Gasteiger partial charge >= 0.3 is 0 Å². The van der Waals surface area contributed by atoms with Crippen LogP contribution in [0.1, 0.15) is 35.6 Å². The van der Waals surface area contributed by atoms with Crippen LogP contribution in [0.2, 0.25) is 0 Å². The van der Waals surface area contributed by atoms with E-state index in [0.717, 1.165) is 60.1 Å². The molecule has 1 aliphatic rings. The molecular weight excluding hydrogens is 420 g/mol. The molecule has 1 saturated heterocycles. The van der Waals surface area contributed by atoms with Crippen molar-refractivity contribution in [3.8, 4) is 11.8 Å². The van der Waals surface area contributed by atoms with Crippen LogP contribution in [0.5, 0.6) is 0 Å². The predicted molar refractivity (Wildman–Crippen MR) is 134 cm³/mol. The van der Waals surface area contributed by atoms with Crippen molar-refractivity contribution < 1.29 is 0 Å². The summed E-state index contributed by atoms with van der Waals surface area (Å²) in [4.78, 5) is 11.5. The first-order chi connectivity index (χ1) is 16.7. The van der Waals surface area contributed by atoms with Crippen molar-refractivity contribution in [2.24, 2.45) is 7.05 Å². The normalized spacial score (nSPS) is 15.2. The first-order valence-corrected chi connectivity index (χ1v) is 11.8. The van der Waals surface area contributed by atoms with E-state index in [2.05, 4.69) is 74.2 Å². The van der Waals surface area contributed by atoms with E-state index in [0.29, 0.717) is 11.6 Å². The third-order valence-corrected chi connectivity index (χ3v) is 7.18. The molecule has 0 aliphatic carbocycles. The summed E-state index contributed by atoms with van der Waals surface area (Å²) in [7, 11) is 1.95. The zero-order valence-electron chi connectivity index (χ0n) is 19.2. The van der Waals surface area contributed by atoms with E-state index in [1.807, 2.05) is 29.9 Å². The van der Waals surface area contributed by atoms with Gasteiger partial charge in [0.05, 0.1) is 17.2 Å². The van der Waals surface area contributed by atoms with Crippen molar-refractivity contribution in [1.82, 2.24) is 24.0 Å². The van der Waals surface area contributed by atoms with Gasteiger partial charge in [0.15, 0.2) is 0 Å². The highest BCUT2D eigenvalue weighted by molar-refractivity contribution is 5.83. The number of aromatic nitrogens is 4. The van der Waals surface area contributed by atoms with Crippen molar-refractivity contribution in [3.63, 3.8) is 0 Å². The smallest absolute Gasteiger partial charge is 0.121 e. The van der Waals surface area contributed by atoms with Crippen molar-refractivity contribution >= 4 is 21.9 Å². The van der Waals surface area contributed by atoms with Crippen molar-refractivity contribution in [3.05, 3.63) is 90.1 Å². The van der Waals surface area contributed by atoms with E-state index in [9.17, 15) is 5.26 Å². The number of hydrogen-bond acceptors (Lipinski definition) is 4. The molecule has 34 heavy (non-hydrogen) atoms. The quantitative estimate of drug-likeness (QED) is 0.382. The Kier molecular flexibility index (Phi) is 5.12. The molecule has 1 aliphatic heterocycles. The summed E-state index contributed by atoms with van der Waals surface area (Å²) in [6.45, 7) is 3.06. The minimum absolute atomic E-state index is 0.494. The molecule has 0 bridgehead atoms. The first kappa shape index (κ1) is 20.6. The topological polar surface area (TPSA) is 62.7 Å². The Labute approximate surface area is 198 Å². The molecule has 0 saturated carbocycles. The molecule has 0 N–H and O–H groups in total. The molecule has 2 aromatic carbocycles. The largest absolute Gasteiger partial charge is 0.335 e. The predicted octanol–water partition coefficient (Wildman–Crippen LogP) is 5.16. The average Bonchev–Trinajstić information content (AvgIpc) is 3.43. The Morgan fingerprint density at radius 1 is 1.03 bits per heavy atom. The third-order valence-electron chi connectivity index (χ3n) is 7.18. The fraction of sp³-hybridized carbons (Fsp3) is 0.250. The van der Waals surface area contributed by atoms with Crippen molar-refractivity contribution in [2.45, 2.75) is 25.3 Å². The molecule has 6 rings (SSSR count). The Balaban J connectivity index is 1.20. The third kappa shape index (κ3) is 3.55. The van der Waals surface area contributed by atoms with Crippen LogP contribution in [0.3, 0.4) is 0 Å². The minimum atomic E-state index is 0.494. The van der Waals surface area contributed by atoms with Gasteiger partial charge in [-0.1, -0.05) is 24.3 Å². The number of piperidine rings is 1. The van der Waals surface area contributed by atoms with Crippen LogP contribution in [-0.4, -0.2) is 37.1 Å². The molecular formula is C28H26N6. The lowest BCUT2D eigenvalue weighted by molar-refractivity contribution is 0.205. The molecule has 5 aromatic rings. The van der Waals surface area contributed by atoms with Gasteiger partial charge in [0.25, 0.3) is 0 Å². The lowest BCUT2D eigenvalue weighted by Crippen LogP contribution is -2.32. The second kappa shape index (κ2) is 8.44. The fourth-order valence-corrected chi connectivity index (χ4v) is 5.36.